The number of nitrogens with one attached hydrogen (secondary N) is 1. The maximum atomic E-state index is 12.1. The first-order valence-electron chi connectivity index (χ1n) is 7.37. The smallest absolute Gasteiger partial charge is 0.248 e. The Morgan fingerprint density at radius 2 is 2.09 bits per heavy atom. The van der Waals surface area contributed by atoms with E-state index >= 15 is 0 Å². The van der Waals surface area contributed by atoms with E-state index in [4.69, 9.17) is 20.8 Å². The van der Waals surface area contributed by atoms with E-state index in [1.165, 1.54) is 6.08 Å². The van der Waals surface area contributed by atoms with Crippen molar-refractivity contribution in [1.82, 2.24) is 0 Å². The summed E-state index contributed by atoms with van der Waals surface area (Å²) in [6, 6.07) is 9.04. The first-order chi connectivity index (χ1) is 11.2. The molecule has 1 saturated heterocycles. The molecule has 5 nitrogen and oxygen atoms in total. The Balaban J connectivity index is 1.75. The Bertz CT molecular complexity index is 692. The van der Waals surface area contributed by atoms with Gasteiger partial charge in [0.15, 0.2) is 0 Å². The van der Waals surface area contributed by atoms with Gasteiger partial charge in [-0.25, -0.2) is 0 Å². The molecular weight excluding hydrogens is 316 g/mol. The Kier molecular flexibility index (Phi) is 5.00. The van der Waals surface area contributed by atoms with E-state index in [0.717, 1.165) is 18.8 Å². The molecule has 1 amide bonds. The average molecular weight is 333 g/mol. The van der Waals surface area contributed by atoms with Crippen LogP contribution in [-0.2, 0) is 9.53 Å². The van der Waals surface area contributed by atoms with Crippen LogP contribution >= 0.6 is 11.6 Å². The van der Waals surface area contributed by atoms with E-state index in [1.807, 2.05) is 12.1 Å². The topological polar surface area (TPSA) is 54.7 Å². The first-order valence-corrected chi connectivity index (χ1v) is 7.75. The Labute approximate surface area is 139 Å². The minimum atomic E-state index is -0.238. The van der Waals surface area contributed by atoms with E-state index in [-0.39, 0.29) is 5.91 Å². The predicted molar refractivity (Wildman–Crippen MR) is 90.9 cm³/mol. The lowest BCUT2D eigenvalue weighted by Crippen LogP contribution is -2.36. The summed E-state index contributed by atoms with van der Waals surface area (Å²) < 4.78 is 10.5. The van der Waals surface area contributed by atoms with Gasteiger partial charge in [-0.3, -0.25) is 4.79 Å². The molecular formula is C17H17ClN2O3. The normalized spacial score (nSPS) is 15.1. The molecule has 120 valence electrons. The number of benzene rings is 1. The summed E-state index contributed by atoms with van der Waals surface area (Å²) in [5.74, 6) is 0.387. The van der Waals surface area contributed by atoms with Gasteiger partial charge in [-0.05, 0) is 36.4 Å². The highest BCUT2D eigenvalue weighted by molar-refractivity contribution is 6.31. The summed E-state index contributed by atoms with van der Waals surface area (Å²) >= 11 is 6.07. The number of rotatable bonds is 4. The zero-order chi connectivity index (χ0) is 16.1. The molecule has 0 spiro atoms. The lowest BCUT2D eigenvalue weighted by Gasteiger charge is -2.30. The third-order valence-electron chi connectivity index (χ3n) is 3.51. The summed E-state index contributed by atoms with van der Waals surface area (Å²) in [6.07, 6.45) is 4.61. The Morgan fingerprint density at radius 1 is 1.26 bits per heavy atom. The van der Waals surface area contributed by atoms with Crippen molar-refractivity contribution in [2.45, 2.75) is 0 Å². The van der Waals surface area contributed by atoms with E-state index < -0.39 is 0 Å². The number of nitrogens with zero attached hydrogens (tertiary/aromatic N) is 1. The van der Waals surface area contributed by atoms with Gasteiger partial charge >= 0.3 is 0 Å². The van der Waals surface area contributed by atoms with E-state index in [2.05, 4.69) is 10.2 Å². The standard InChI is InChI=1S/C17H17ClN2O3/c18-13-3-5-16(20-7-10-22-11-8-20)15(12-13)19-17(21)6-4-14-2-1-9-23-14/h1-6,9,12H,7-8,10-11H2,(H,19,21). The maximum absolute atomic E-state index is 12.1. The van der Waals surface area contributed by atoms with Crippen LogP contribution in [-0.4, -0.2) is 32.2 Å². The second-order valence-corrected chi connectivity index (χ2v) is 5.54. The summed E-state index contributed by atoms with van der Waals surface area (Å²) in [4.78, 5) is 14.3. The molecule has 23 heavy (non-hydrogen) atoms. The van der Waals surface area contributed by atoms with Crippen molar-refractivity contribution < 1.29 is 13.9 Å². The number of amides is 1. The molecule has 2 heterocycles. The Hall–Kier alpha value is -2.24. The third kappa shape index (κ3) is 4.15. The molecule has 0 atom stereocenters. The predicted octanol–water partition coefficient (Wildman–Crippen LogP) is 3.42. The van der Waals surface area contributed by atoms with Crippen LogP contribution in [0.5, 0.6) is 0 Å². The van der Waals surface area contributed by atoms with Crippen LogP contribution in [0.1, 0.15) is 5.76 Å². The number of ether oxygens (including phenoxy) is 1. The van der Waals surface area contributed by atoms with Crippen molar-refractivity contribution in [3.8, 4) is 0 Å². The number of hydrogen-bond acceptors (Lipinski definition) is 4. The van der Waals surface area contributed by atoms with Gasteiger partial charge in [0.1, 0.15) is 5.76 Å². The fourth-order valence-electron chi connectivity index (χ4n) is 2.41. The number of furan rings is 1. The molecule has 0 bridgehead atoms. The van der Waals surface area contributed by atoms with Gasteiger partial charge in [0, 0.05) is 24.2 Å². The van der Waals surface area contributed by atoms with Crippen molar-refractivity contribution in [3.05, 3.63) is 53.5 Å². The van der Waals surface area contributed by atoms with Crippen LogP contribution in [0, 0.1) is 0 Å². The number of carbonyl (C=O) groups excluding carboxylic acids is 1. The SMILES string of the molecule is O=C(C=Cc1ccco1)Nc1cc(Cl)ccc1N1CCOCC1. The van der Waals surface area contributed by atoms with Crippen LogP contribution in [0.3, 0.4) is 0 Å². The van der Waals surface area contributed by atoms with Crippen LogP contribution in [0.4, 0.5) is 11.4 Å². The van der Waals surface area contributed by atoms with Crippen molar-refractivity contribution in [1.29, 1.82) is 0 Å². The largest absolute Gasteiger partial charge is 0.465 e. The fraction of sp³-hybridized carbons (Fsp3) is 0.235. The summed E-state index contributed by atoms with van der Waals surface area (Å²) in [6.45, 7) is 2.92. The van der Waals surface area contributed by atoms with Crippen LogP contribution in [0.15, 0.2) is 47.1 Å². The van der Waals surface area contributed by atoms with E-state index in [0.29, 0.717) is 29.7 Å². The van der Waals surface area contributed by atoms with Gasteiger partial charge < -0.3 is 19.4 Å². The zero-order valence-corrected chi connectivity index (χ0v) is 13.3. The maximum Gasteiger partial charge on any atom is 0.248 e. The average Bonchev–Trinajstić information content (AvgIpc) is 3.07. The van der Waals surface area contributed by atoms with Gasteiger partial charge in [0.05, 0.1) is 30.9 Å². The number of hydrogen-bond donors (Lipinski definition) is 1. The van der Waals surface area contributed by atoms with Crippen molar-refractivity contribution in [2.24, 2.45) is 0 Å². The molecule has 1 N–H and O–H groups in total. The molecule has 0 unspecified atom stereocenters. The molecule has 1 aliphatic heterocycles. The van der Waals surface area contributed by atoms with Crippen LogP contribution in [0.2, 0.25) is 5.02 Å². The van der Waals surface area contributed by atoms with Crippen LogP contribution in [0.25, 0.3) is 6.08 Å². The summed E-state index contributed by atoms with van der Waals surface area (Å²) in [5.41, 5.74) is 1.63. The monoisotopic (exact) mass is 332 g/mol. The minimum absolute atomic E-state index is 0.238. The third-order valence-corrected chi connectivity index (χ3v) is 3.75. The molecule has 3 rings (SSSR count). The van der Waals surface area contributed by atoms with Crippen LogP contribution < -0.4 is 10.2 Å². The lowest BCUT2D eigenvalue weighted by molar-refractivity contribution is -0.111. The molecule has 1 aromatic carbocycles. The molecule has 0 saturated carbocycles. The van der Waals surface area contributed by atoms with E-state index in [9.17, 15) is 4.79 Å². The molecule has 1 aromatic heterocycles. The number of morpholine rings is 1. The van der Waals surface area contributed by atoms with Gasteiger partial charge in [-0.1, -0.05) is 11.6 Å². The molecule has 2 aromatic rings. The fourth-order valence-corrected chi connectivity index (χ4v) is 2.58. The van der Waals surface area contributed by atoms with E-state index in [1.54, 1.807) is 30.5 Å². The van der Waals surface area contributed by atoms with Gasteiger partial charge in [-0.15, -0.1) is 0 Å². The number of anilines is 2. The highest BCUT2D eigenvalue weighted by atomic mass is 35.5. The Morgan fingerprint density at radius 3 is 2.83 bits per heavy atom. The first kappa shape index (κ1) is 15.6. The lowest BCUT2D eigenvalue weighted by atomic mass is 10.2. The summed E-state index contributed by atoms with van der Waals surface area (Å²) in [5, 5.41) is 3.45. The quantitative estimate of drug-likeness (QED) is 0.872. The second kappa shape index (κ2) is 7.35. The zero-order valence-electron chi connectivity index (χ0n) is 12.5. The van der Waals surface area contributed by atoms with Gasteiger partial charge in [0.25, 0.3) is 0 Å². The summed E-state index contributed by atoms with van der Waals surface area (Å²) in [7, 11) is 0. The molecule has 1 fully saturated rings. The molecule has 1 aliphatic rings. The highest BCUT2D eigenvalue weighted by Gasteiger charge is 2.16. The minimum Gasteiger partial charge on any atom is -0.465 e. The molecule has 0 aliphatic carbocycles. The van der Waals surface area contributed by atoms with Crippen molar-refractivity contribution in [3.63, 3.8) is 0 Å². The molecule has 0 radical (unpaired) electrons. The van der Waals surface area contributed by atoms with Crippen molar-refractivity contribution in [2.75, 3.05) is 36.5 Å². The molecule has 6 heteroatoms. The second-order valence-electron chi connectivity index (χ2n) is 5.10. The van der Waals surface area contributed by atoms with Gasteiger partial charge in [0.2, 0.25) is 5.91 Å². The van der Waals surface area contributed by atoms with Crippen molar-refractivity contribution >= 4 is 35.0 Å². The highest BCUT2D eigenvalue weighted by Crippen LogP contribution is 2.29. The number of halogens is 1. The van der Waals surface area contributed by atoms with Gasteiger partial charge in [-0.2, -0.15) is 0 Å². The number of carbonyl (C=O) groups is 1.